The SMILES string of the molecule is COc1cc2c(cc1N1CC(C)N(Cc3ccccc3)C(C)C1)N(C(C)=O)CC2. The summed E-state index contributed by atoms with van der Waals surface area (Å²) in [6.45, 7) is 9.84. The Morgan fingerprint density at radius 1 is 1.07 bits per heavy atom. The third-order valence-corrected chi connectivity index (χ3v) is 6.31. The monoisotopic (exact) mass is 393 g/mol. The Labute approximate surface area is 173 Å². The van der Waals surface area contributed by atoms with Crippen molar-refractivity contribution in [3.05, 3.63) is 53.6 Å². The van der Waals surface area contributed by atoms with Crippen LogP contribution in [0.4, 0.5) is 11.4 Å². The van der Waals surface area contributed by atoms with Crippen molar-refractivity contribution in [1.29, 1.82) is 0 Å². The molecule has 2 unspecified atom stereocenters. The van der Waals surface area contributed by atoms with E-state index in [2.05, 4.69) is 66.1 Å². The summed E-state index contributed by atoms with van der Waals surface area (Å²) in [4.78, 5) is 18.9. The zero-order valence-corrected chi connectivity index (χ0v) is 17.9. The zero-order valence-electron chi connectivity index (χ0n) is 17.9. The van der Waals surface area contributed by atoms with E-state index in [-0.39, 0.29) is 5.91 Å². The molecule has 2 heterocycles. The Hall–Kier alpha value is -2.53. The van der Waals surface area contributed by atoms with Gasteiger partial charge in [-0.1, -0.05) is 30.3 Å². The smallest absolute Gasteiger partial charge is 0.223 e. The van der Waals surface area contributed by atoms with Crippen LogP contribution >= 0.6 is 0 Å². The summed E-state index contributed by atoms with van der Waals surface area (Å²) in [6, 6.07) is 15.8. The third kappa shape index (κ3) is 3.84. The van der Waals surface area contributed by atoms with Gasteiger partial charge in [0.15, 0.2) is 0 Å². The van der Waals surface area contributed by atoms with Crippen molar-refractivity contribution < 1.29 is 9.53 Å². The quantitative estimate of drug-likeness (QED) is 0.794. The summed E-state index contributed by atoms with van der Waals surface area (Å²) in [5.41, 5.74) is 4.69. The topological polar surface area (TPSA) is 36.0 Å². The van der Waals surface area contributed by atoms with Crippen LogP contribution < -0.4 is 14.5 Å². The largest absolute Gasteiger partial charge is 0.495 e. The average Bonchev–Trinajstić information content (AvgIpc) is 3.13. The highest BCUT2D eigenvalue weighted by atomic mass is 16.5. The van der Waals surface area contributed by atoms with E-state index in [1.165, 1.54) is 11.1 Å². The molecule has 2 aliphatic heterocycles. The molecule has 4 rings (SSSR count). The predicted octanol–water partition coefficient (Wildman–Crippen LogP) is 3.70. The Morgan fingerprint density at radius 3 is 2.38 bits per heavy atom. The fraction of sp³-hybridized carbons (Fsp3) is 0.458. The predicted molar refractivity (Wildman–Crippen MR) is 118 cm³/mol. The minimum Gasteiger partial charge on any atom is -0.495 e. The second-order valence-corrected chi connectivity index (χ2v) is 8.33. The number of nitrogens with zero attached hydrogens (tertiary/aromatic N) is 3. The number of benzene rings is 2. The highest BCUT2D eigenvalue weighted by molar-refractivity contribution is 5.95. The van der Waals surface area contributed by atoms with Crippen LogP contribution in [0.3, 0.4) is 0 Å². The van der Waals surface area contributed by atoms with E-state index < -0.39 is 0 Å². The first kappa shape index (κ1) is 19.8. The number of anilines is 2. The highest BCUT2D eigenvalue weighted by Gasteiger charge is 2.32. The van der Waals surface area contributed by atoms with Crippen LogP contribution in [0.25, 0.3) is 0 Å². The number of carbonyl (C=O) groups is 1. The maximum Gasteiger partial charge on any atom is 0.223 e. The van der Waals surface area contributed by atoms with Crippen molar-refractivity contribution in [2.45, 2.75) is 45.8 Å². The Bertz CT molecular complexity index is 871. The molecule has 1 fully saturated rings. The van der Waals surface area contributed by atoms with Crippen LogP contribution in [0.5, 0.6) is 5.75 Å². The van der Waals surface area contributed by atoms with Crippen molar-refractivity contribution in [3.8, 4) is 5.75 Å². The summed E-state index contributed by atoms with van der Waals surface area (Å²) in [5, 5.41) is 0. The van der Waals surface area contributed by atoms with Gasteiger partial charge in [0.05, 0.1) is 12.8 Å². The number of ether oxygens (including phenoxy) is 1. The summed E-state index contributed by atoms with van der Waals surface area (Å²) < 4.78 is 5.75. The van der Waals surface area contributed by atoms with Crippen LogP contribution in [0.15, 0.2) is 42.5 Å². The molecule has 0 spiro atoms. The van der Waals surface area contributed by atoms with Gasteiger partial charge in [0.2, 0.25) is 5.91 Å². The van der Waals surface area contributed by atoms with Gasteiger partial charge < -0.3 is 14.5 Å². The molecule has 5 nitrogen and oxygen atoms in total. The minimum atomic E-state index is 0.106. The highest BCUT2D eigenvalue weighted by Crippen LogP contribution is 2.40. The normalized spacial score (nSPS) is 21.9. The molecule has 2 aromatic carbocycles. The molecule has 2 atom stereocenters. The molecule has 0 aromatic heterocycles. The van der Waals surface area contributed by atoms with Crippen molar-refractivity contribution >= 4 is 17.3 Å². The third-order valence-electron chi connectivity index (χ3n) is 6.31. The van der Waals surface area contributed by atoms with Gasteiger partial charge in [-0.2, -0.15) is 0 Å². The number of carbonyl (C=O) groups excluding carboxylic acids is 1. The number of hydrogen-bond acceptors (Lipinski definition) is 4. The Balaban J connectivity index is 1.58. The van der Waals surface area contributed by atoms with E-state index >= 15 is 0 Å². The van der Waals surface area contributed by atoms with Crippen molar-refractivity contribution in [2.75, 3.05) is 36.5 Å². The zero-order chi connectivity index (χ0) is 20.5. The second-order valence-electron chi connectivity index (χ2n) is 8.33. The first-order valence-electron chi connectivity index (χ1n) is 10.5. The van der Waals surface area contributed by atoms with Crippen LogP contribution in [0.2, 0.25) is 0 Å². The number of amides is 1. The van der Waals surface area contributed by atoms with Gasteiger partial charge in [-0.15, -0.1) is 0 Å². The van der Waals surface area contributed by atoms with Crippen molar-refractivity contribution in [1.82, 2.24) is 4.90 Å². The molecule has 0 bridgehead atoms. The Morgan fingerprint density at radius 2 is 1.76 bits per heavy atom. The van der Waals surface area contributed by atoms with E-state index in [0.29, 0.717) is 12.1 Å². The van der Waals surface area contributed by atoms with Gasteiger partial charge >= 0.3 is 0 Å². The molecule has 5 heteroatoms. The lowest BCUT2D eigenvalue weighted by molar-refractivity contribution is -0.116. The van der Waals surface area contributed by atoms with Gasteiger partial charge in [-0.25, -0.2) is 0 Å². The number of rotatable bonds is 4. The molecular formula is C24H31N3O2. The first-order chi connectivity index (χ1) is 14.0. The van der Waals surface area contributed by atoms with Gasteiger partial charge in [0.25, 0.3) is 0 Å². The van der Waals surface area contributed by atoms with Crippen LogP contribution in [0.1, 0.15) is 31.9 Å². The lowest BCUT2D eigenvalue weighted by Crippen LogP contribution is -2.56. The summed E-state index contributed by atoms with van der Waals surface area (Å²) >= 11 is 0. The molecule has 2 aromatic rings. The lowest BCUT2D eigenvalue weighted by atomic mass is 10.0. The molecule has 0 radical (unpaired) electrons. The second kappa shape index (κ2) is 8.07. The van der Waals surface area contributed by atoms with Gasteiger partial charge in [0, 0.05) is 50.9 Å². The van der Waals surface area contributed by atoms with Crippen LogP contribution in [-0.4, -0.2) is 49.6 Å². The van der Waals surface area contributed by atoms with Crippen LogP contribution in [-0.2, 0) is 17.8 Å². The number of hydrogen-bond donors (Lipinski definition) is 0. The molecule has 154 valence electrons. The lowest BCUT2D eigenvalue weighted by Gasteiger charge is -2.45. The van der Waals surface area contributed by atoms with E-state index in [0.717, 1.165) is 49.7 Å². The maximum atomic E-state index is 12.0. The summed E-state index contributed by atoms with van der Waals surface area (Å²) in [7, 11) is 1.74. The van der Waals surface area contributed by atoms with Gasteiger partial charge in [-0.3, -0.25) is 9.69 Å². The number of methoxy groups -OCH3 is 1. The fourth-order valence-corrected chi connectivity index (χ4v) is 4.80. The van der Waals surface area contributed by atoms with E-state index in [9.17, 15) is 4.79 Å². The van der Waals surface area contributed by atoms with E-state index in [1.54, 1.807) is 14.0 Å². The molecule has 0 N–H and O–H groups in total. The van der Waals surface area contributed by atoms with Gasteiger partial charge in [0.1, 0.15) is 5.75 Å². The summed E-state index contributed by atoms with van der Waals surface area (Å²) in [5.74, 6) is 1.01. The van der Waals surface area contributed by atoms with Gasteiger partial charge in [-0.05, 0) is 43.5 Å². The summed E-state index contributed by atoms with van der Waals surface area (Å²) in [6.07, 6.45) is 0.892. The fourth-order valence-electron chi connectivity index (χ4n) is 4.80. The number of piperazine rings is 1. The molecule has 29 heavy (non-hydrogen) atoms. The first-order valence-corrected chi connectivity index (χ1v) is 10.5. The molecular weight excluding hydrogens is 362 g/mol. The van der Waals surface area contributed by atoms with E-state index in [4.69, 9.17) is 4.74 Å². The minimum absolute atomic E-state index is 0.106. The van der Waals surface area contributed by atoms with E-state index in [1.807, 2.05) is 4.90 Å². The molecule has 1 amide bonds. The number of fused-ring (bicyclic) bond motifs is 1. The van der Waals surface area contributed by atoms with Crippen LogP contribution in [0, 0.1) is 0 Å². The maximum absolute atomic E-state index is 12.0. The molecule has 2 aliphatic rings. The van der Waals surface area contributed by atoms with Crippen molar-refractivity contribution in [3.63, 3.8) is 0 Å². The molecule has 0 aliphatic carbocycles. The Kier molecular flexibility index (Phi) is 5.50. The molecule has 1 saturated heterocycles. The molecule has 0 saturated carbocycles. The average molecular weight is 394 g/mol. The standard InChI is InChI=1S/C24H31N3O2/c1-17-14-25(15-18(2)27(17)16-20-8-6-5-7-9-20)23-13-22-21(12-24(23)29-4)10-11-26(22)19(3)28/h5-9,12-13,17-18H,10-11,14-16H2,1-4H3. The van der Waals surface area contributed by atoms with Crippen molar-refractivity contribution in [2.24, 2.45) is 0 Å².